The molecule has 0 fully saturated rings. The normalized spacial score (nSPS) is 12.0. The summed E-state index contributed by atoms with van der Waals surface area (Å²) >= 11 is 0. The smallest absolute Gasteiger partial charge is 0.264 e. The summed E-state index contributed by atoms with van der Waals surface area (Å²) in [5.74, 6) is 0.490. The lowest BCUT2D eigenvalue weighted by Gasteiger charge is -2.12. The standard InChI is InChI=1S/C16H15N3O5S2/c20-25(21,18-12-13-6-5-11-24-13)14-7-1-2-8-15(14)26(22,23)19-16-9-3-4-10-17-16/h1-11,18H,12H2,(H,17,19). The zero-order valence-electron chi connectivity index (χ0n) is 13.4. The van der Waals surface area contributed by atoms with Crippen molar-refractivity contribution >= 4 is 25.9 Å². The largest absolute Gasteiger partial charge is 0.468 e. The number of hydrogen-bond donors (Lipinski definition) is 2. The van der Waals surface area contributed by atoms with E-state index in [1.807, 2.05) is 0 Å². The van der Waals surface area contributed by atoms with Crippen molar-refractivity contribution in [1.82, 2.24) is 9.71 Å². The van der Waals surface area contributed by atoms with Crippen LogP contribution in [0, 0.1) is 0 Å². The fourth-order valence-corrected chi connectivity index (χ4v) is 5.00. The molecule has 0 atom stereocenters. The molecule has 0 unspecified atom stereocenters. The average molecular weight is 393 g/mol. The van der Waals surface area contributed by atoms with Gasteiger partial charge >= 0.3 is 0 Å². The van der Waals surface area contributed by atoms with Crippen molar-refractivity contribution in [3.8, 4) is 0 Å². The Hall–Kier alpha value is -2.69. The molecule has 0 saturated carbocycles. The number of sulfonamides is 2. The Labute approximate surface area is 151 Å². The molecule has 10 heteroatoms. The van der Waals surface area contributed by atoms with Crippen molar-refractivity contribution in [3.63, 3.8) is 0 Å². The van der Waals surface area contributed by atoms with Gasteiger partial charge in [-0.15, -0.1) is 0 Å². The van der Waals surface area contributed by atoms with E-state index < -0.39 is 20.0 Å². The Morgan fingerprint density at radius 1 is 0.846 bits per heavy atom. The SMILES string of the molecule is O=S(=O)(NCc1ccco1)c1ccccc1S(=O)(=O)Nc1ccccn1. The van der Waals surface area contributed by atoms with Crippen LogP contribution in [0.3, 0.4) is 0 Å². The predicted octanol–water partition coefficient (Wildman–Crippen LogP) is 1.95. The van der Waals surface area contributed by atoms with E-state index in [0.29, 0.717) is 5.76 Å². The first-order chi connectivity index (χ1) is 12.4. The Morgan fingerprint density at radius 3 is 2.15 bits per heavy atom. The van der Waals surface area contributed by atoms with Crippen LogP contribution in [0.25, 0.3) is 0 Å². The van der Waals surface area contributed by atoms with E-state index >= 15 is 0 Å². The number of nitrogens with one attached hydrogen (secondary N) is 2. The third-order valence-electron chi connectivity index (χ3n) is 3.35. The lowest BCUT2D eigenvalue weighted by molar-refractivity contribution is 0.498. The highest BCUT2D eigenvalue weighted by molar-refractivity contribution is 7.94. The molecule has 1 aromatic carbocycles. The highest BCUT2D eigenvalue weighted by Gasteiger charge is 2.26. The fourth-order valence-electron chi connectivity index (χ4n) is 2.17. The van der Waals surface area contributed by atoms with Crippen molar-refractivity contribution in [1.29, 1.82) is 0 Å². The molecule has 26 heavy (non-hydrogen) atoms. The summed E-state index contributed by atoms with van der Waals surface area (Å²) in [5.41, 5.74) is 0. The molecule has 0 radical (unpaired) electrons. The van der Waals surface area contributed by atoms with Gasteiger partial charge in [0.25, 0.3) is 10.0 Å². The molecule has 0 saturated heterocycles. The van der Waals surface area contributed by atoms with Crippen LogP contribution >= 0.6 is 0 Å². The van der Waals surface area contributed by atoms with Crippen LogP contribution in [0.1, 0.15) is 5.76 Å². The number of furan rings is 1. The first kappa shape index (κ1) is 18.1. The molecule has 0 amide bonds. The van der Waals surface area contributed by atoms with Crippen molar-refractivity contribution in [2.45, 2.75) is 16.3 Å². The van der Waals surface area contributed by atoms with Crippen LogP contribution in [0.15, 0.2) is 81.3 Å². The lowest BCUT2D eigenvalue weighted by Crippen LogP contribution is -2.26. The highest BCUT2D eigenvalue weighted by Crippen LogP contribution is 2.23. The van der Waals surface area contributed by atoms with Crippen molar-refractivity contribution < 1.29 is 21.3 Å². The Kier molecular flexibility index (Phi) is 5.07. The summed E-state index contributed by atoms with van der Waals surface area (Å²) in [7, 11) is -8.25. The average Bonchev–Trinajstić information content (AvgIpc) is 3.14. The minimum absolute atomic E-state index is 0.0863. The zero-order chi connectivity index (χ0) is 18.6. The number of rotatable bonds is 7. The van der Waals surface area contributed by atoms with Gasteiger partial charge in [0, 0.05) is 6.20 Å². The number of pyridine rings is 1. The zero-order valence-corrected chi connectivity index (χ0v) is 15.0. The second kappa shape index (κ2) is 7.28. The molecule has 2 heterocycles. The molecule has 3 rings (SSSR count). The van der Waals surface area contributed by atoms with Gasteiger partial charge in [0.05, 0.1) is 12.8 Å². The molecule has 3 aromatic rings. The van der Waals surface area contributed by atoms with Gasteiger partial charge in [-0.05, 0) is 36.4 Å². The molecule has 0 aliphatic rings. The lowest BCUT2D eigenvalue weighted by atomic mass is 10.4. The first-order valence-electron chi connectivity index (χ1n) is 7.43. The van der Waals surface area contributed by atoms with Crippen LogP contribution in [0.5, 0.6) is 0 Å². The molecule has 0 spiro atoms. The van der Waals surface area contributed by atoms with E-state index in [1.165, 1.54) is 42.8 Å². The topological polar surface area (TPSA) is 118 Å². The van der Waals surface area contributed by atoms with Crippen molar-refractivity contribution in [3.05, 3.63) is 72.8 Å². The molecular formula is C16H15N3O5S2. The van der Waals surface area contributed by atoms with Gasteiger partial charge in [-0.25, -0.2) is 26.5 Å². The van der Waals surface area contributed by atoms with Crippen LogP contribution in [-0.4, -0.2) is 21.8 Å². The monoisotopic (exact) mass is 393 g/mol. The summed E-state index contributed by atoms with van der Waals surface area (Å²) in [6.07, 6.45) is 2.84. The molecule has 2 N–H and O–H groups in total. The van der Waals surface area contributed by atoms with Gasteiger partial charge < -0.3 is 4.42 Å². The minimum Gasteiger partial charge on any atom is -0.468 e. The maximum atomic E-state index is 12.6. The van der Waals surface area contributed by atoms with Gasteiger partial charge in [0.1, 0.15) is 21.4 Å². The van der Waals surface area contributed by atoms with Crippen molar-refractivity contribution in [2.75, 3.05) is 4.72 Å². The van der Waals surface area contributed by atoms with Crippen LogP contribution < -0.4 is 9.44 Å². The maximum absolute atomic E-state index is 12.6. The molecule has 136 valence electrons. The molecular weight excluding hydrogens is 378 g/mol. The summed E-state index contributed by atoms with van der Waals surface area (Å²) in [6.45, 7) is -0.0998. The number of hydrogen-bond acceptors (Lipinski definition) is 6. The van der Waals surface area contributed by atoms with Crippen LogP contribution in [0.4, 0.5) is 5.82 Å². The van der Waals surface area contributed by atoms with Gasteiger partial charge in [0.15, 0.2) is 0 Å². The Bertz CT molecular complexity index is 1080. The minimum atomic E-state index is -4.15. The third kappa shape index (κ3) is 4.10. The van der Waals surface area contributed by atoms with E-state index in [-0.39, 0.29) is 22.2 Å². The van der Waals surface area contributed by atoms with E-state index in [2.05, 4.69) is 14.4 Å². The molecule has 2 aromatic heterocycles. The van der Waals surface area contributed by atoms with Gasteiger partial charge in [0.2, 0.25) is 10.0 Å². The maximum Gasteiger partial charge on any atom is 0.264 e. The molecule has 0 bridgehead atoms. The second-order valence-electron chi connectivity index (χ2n) is 5.17. The summed E-state index contributed by atoms with van der Waals surface area (Å²) in [4.78, 5) is 3.14. The highest BCUT2D eigenvalue weighted by atomic mass is 32.2. The Morgan fingerprint density at radius 2 is 1.54 bits per heavy atom. The molecule has 0 aliphatic carbocycles. The number of aromatic nitrogens is 1. The Balaban J connectivity index is 1.92. The van der Waals surface area contributed by atoms with Gasteiger partial charge in [-0.2, -0.15) is 0 Å². The number of benzene rings is 1. The third-order valence-corrected chi connectivity index (χ3v) is 6.35. The molecule has 0 aliphatic heterocycles. The van der Waals surface area contributed by atoms with Gasteiger partial charge in [-0.1, -0.05) is 18.2 Å². The summed E-state index contributed by atoms with van der Waals surface area (Å²) < 4.78 is 60.1. The number of anilines is 1. The van der Waals surface area contributed by atoms with E-state index in [4.69, 9.17) is 4.42 Å². The van der Waals surface area contributed by atoms with Crippen LogP contribution in [-0.2, 0) is 26.6 Å². The van der Waals surface area contributed by atoms with Crippen LogP contribution in [0.2, 0.25) is 0 Å². The quantitative estimate of drug-likeness (QED) is 0.633. The van der Waals surface area contributed by atoms with Gasteiger partial charge in [-0.3, -0.25) is 4.72 Å². The predicted molar refractivity (Wildman–Crippen MR) is 94.2 cm³/mol. The number of nitrogens with zero attached hydrogens (tertiary/aromatic N) is 1. The van der Waals surface area contributed by atoms with E-state index in [9.17, 15) is 16.8 Å². The second-order valence-corrected chi connectivity index (χ2v) is 8.56. The first-order valence-corrected chi connectivity index (χ1v) is 10.4. The van der Waals surface area contributed by atoms with E-state index in [1.54, 1.807) is 24.3 Å². The van der Waals surface area contributed by atoms with E-state index in [0.717, 1.165) is 0 Å². The molecule has 8 nitrogen and oxygen atoms in total. The fraction of sp³-hybridized carbons (Fsp3) is 0.0625. The van der Waals surface area contributed by atoms with Crippen molar-refractivity contribution in [2.24, 2.45) is 0 Å². The summed E-state index contributed by atoms with van der Waals surface area (Å²) in [6, 6.07) is 13.3. The summed E-state index contributed by atoms with van der Waals surface area (Å²) in [5, 5.41) is 0.